The molecule has 16 heavy (non-hydrogen) atoms. The Balaban J connectivity index is 2.19. The van der Waals surface area contributed by atoms with Crippen molar-refractivity contribution in [3.05, 3.63) is 11.8 Å². The van der Waals surface area contributed by atoms with Gasteiger partial charge in [0.25, 0.3) is 0 Å². The Bertz CT molecular complexity index is 371. The summed E-state index contributed by atoms with van der Waals surface area (Å²) < 4.78 is 9.93. The molecule has 1 fully saturated rings. The molecule has 1 atom stereocenters. The Hall–Kier alpha value is -1.56. The van der Waals surface area contributed by atoms with Gasteiger partial charge in [0, 0.05) is 19.3 Å². The molecule has 0 saturated carbocycles. The highest BCUT2D eigenvalue weighted by atomic mass is 16.5. The maximum atomic E-state index is 11.2. The number of aromatic nitrogens is 1. The highest BCUT2D eigenvalue weighted by Gasteiger charge is 2.33. The normalized spacial score (nSPS) is 19.5. The average molecular weight is 226 g/mol. The number of hydrogen-bond acceptors (Lipinski definition) is 5. The van der Waals surface area contributed by atoms with E-state index in [1.54, 1.807) is 0 Å². The first kappa shape index (κ1) is 10.9. The first-order valence-electron chi connectivity index (χ1n) is 5.21. The van der Waals surface area contributed by atoms with E-state index in [-0.39, 0.29) is 11.8 Å². The van der Waals surface area contributed by atoms with E-state index in [4.69, 9.17) is 15.0 Å². The summed E-state index contributed by atoms with van der Waals surface area (Å²) in [5.74, 6) is -1.35. The van der Waals surface area contributed by atoms with Crippen LogP contribution in [-0.4, -0.2) is 29.4 Å². The lowest BCUT2D eigenvalue weighted by Gasteiger charge is -2.26. The predicted molar refractivity (Wildman–Crippen MR) is 54.8 cm³/mol. The van der Waals surface area contributed by atoms with Gasteiger partial charge in [-0.2, -0.15) is 0 Å². The fraction of sp³-hybridized carbons (Fsp3) is 0.600. The molecule has 1 unspecified atom stereocenters. The van der Waals surface area contributed by atoms with E-state index in [0.717, 1.165) is 12.8 Å². The summed E-state index contributed by atoms with van der Waals surface area (Å²) in [5, 5.41) is 12.9. The average Bonchev–Trinajstić information content (AvgIpc) is 2.66. The van der Waals surface area contributed by atoms with Crippen molar-refractivity contribution in [1.82, 2.24) is 5.16 Å². The third-order valence-corrected chi connectivity index (χ3v) is 2.87. The quantitative estimate of drug-likeness (QED) is 0.792. The predicted octanol–water partition coefficient (Wildman–Crippen LogP) is 0.852. The molecule has 1 aliphatic rings. The molecular weight excluding hydrogens is 212 g/mol. The van der Waals surface area contributed by atoms with Crippen LogP contribution in [0.1, 0.15) is 24.5 Å². The van der Waals surface area contributed by atoms with Gasteiger partial charge in [-0.25, -0.2) is 0 Å². The lowest BCUT2D eigenvalue weighted by atomic mass is 9.84. The van der Waals surface area contributed by atoms with Crippen molar-refractivity contribution >= 4 is 11.9 Å². The Morgan fingerprint density at radius 2 is 2.25 bits per heavy atom. The summed E-state index contributed by atoms with van der Waals surface area (Å²) in [6.07, 6.45) is 1.45. The highest BCUT2D eigenvalue weighted by molar-refractivity contribution is 5.76. The second-order valence-corrected chi connectivity index (χ2v) is 3.92. The van der Waals surface area contributed by atoms with Crippen molar-refractivity contribution in [2.75, 3.05) is 18.9 Å². The van der Waals surface area contributed by atoms with Crippen LogP contribution in [0.15, 0.2) is 10.6 Å². The van der Waals surface area contributed by atoms with Crippen LogP contribution in [0.3, 0.4) is 0 Å². The summed E-state index contributed by atoms with van der Waals surface area (Å²) in [6, 6.07) is 1.48. The van der Waals surface area contributed by atoms with Gasteiger partial charge in [-0.05, 0) is 18.8 Å². The summed E-state index contributed by atoms with van der Waals surface area (Å²) in [4.78, 5) is 11.2. The molecule has 0 spiro atoms. The molecule has 1 saturated heterocycles. The van der Waals surface area contributed by atoms with Crippen molar-refractivity contribution in [2.24, 2.45) is 5.92 Å². The Labute approximate surface area is 92.4 Å². The number of hydrogen-bond donors (Lipinski definition) is 2. The smallest absolute Gasteiger partial charge is 0.313 e. The number of aliphatic carboxylic acids is 1. The second-order valence-electron chi connectivity index (χ2n) is 3.92. The van der Waals surface area contributed by atoms with Gasteiger partial charge in [0.1, 0.15) is 11.6 Å². The molecule has 1 aliphatic heterocycles. The van der Waals surface area contributed by atoms with E-state index in [0.29, 0.717) is 18.9 Å². The lowest BCUT2D eigenvalue weighted by Crippen LogP contribution is -2.27. The van der Waals surface area contributed by atoms with Crippen LogP contribution in [0.2, 0.25) is 0 Å². The SMILES string of the molecule is Nc1cc(C(C(=O)O)C2CCOCC2)no1. The number of carboxylic acids is 1. The molecule has 0 amide bonds. The molecule has 1 aromatic rings. The molecule has 2 heterocycles. The first-order valence-corrected chi connectivity index (χ1v) is 5.21. The van der Waals surface area contributed by atoms with E-state index >= 15 is 0 Å². The third-order valence-electron chi connectivity index (χ3n) is 2.87. The highest BCUT2D eigenvalue weighted by Crippen LogP contribution is 2.32. The molecule has 88 valence electrons. The topological polar surface area (TPSA) is 98.6 Å². The largest absolute Gasteiger partial charge is 0.481 e. The summed E-state index contributed by atoms with van der Waals surface area (Å²) in [7, 11) is 0. The zero-order chi connectivity index (χ0) is 11.5. The minimum absolute atomic E-state index is 0.0377. The van der Waals surface area contributed by atoms with Crippen LogP contribution in [0, 0.1) is 5.92 Å². The van der Waals surface area contributed by atoms with Crippen molar-refractivity contribution in [3.63, 3.8) is 0 Å². The van der Waals surface area contributed by atoms with E-state index in [2.05, 4.69) is 5.16 Å². The second kappa shape index (κ2) is 4.52. The van der Waals surface area contributed by atoms with Crippen LogP contribution in [0.5, 0.6) is 0 Å². The zero-order valence-corrected chi connectivity index (χ0v) is 8.76. The van der Waals surface area contributed by atoms with Gasteiger partial charge in [0.2, 0.25) is 5.88 Å². The number of carboxylic acid groups (broad SMARTS) is 1. The summed E-state index contributed by atoms with van der Waals surface area (Å²) >= 11 is 0. The van der Waals surface area contributed by atoms with Crippen LogP contribution < -0.4 is 5.73 Å². The van der Waals surface area contributed by atoms with E-state index in [1.165, 1.54) is 6.07 Å². The van der Waals surface area contributed by atoms with Gasteiger partial charge >= 0.3 is 5.97 Å². The molecular formula is C10H14N2O4. The molecule has 6 nitrogen and oxygen atoms in total. The minimum Gasteiger partial charge on any atom is -0.481 e. The number of nitrogen functional groups attached to an aromatic ring is 1. The Morgan fingerprint density at radius 3 is 2.75 bits per heavy atom. The van der Waals surface area contributed by atoms with Crippen LogP contribution in [0.25, 0.3) is 0 Å². The Morgan fingerprint density at radius 1 is 1.56 bits per heavy atom. The van der Waals surface area contributed by atoms with Gasteiger partial charge < -0.3 is 20.1 Å². The third kappa shape index (κ3) is 2.16. The first-order chi connectivity index (χ1) is 7.68. The maximum Gasteiger partial charge on any atom is 0.313 e. The lowest BCUT2D eigenvalue weighted by molar-refractivity contribution is -0.141. The zero-order valence-electron chi connectivity index (χ0n) is 8.76. The van der Waals surface area contributed by atoms with Crippen LogP contribution >= 0.6 is 0 Å². The number of anilines is 1. The number of nitrogens with two attached hydrogens (primary N) is 1. The van der Waals surface area contributed by atoms with E-state index < -0.39 is 11.9 Å². The fourth-order valence-corrected chi connectivity index (χ4v) is 2.07. The maximum absolute atomic E-state index is 11.2. The minimum atomic E-state index is -0.889. The number of nitrogens with zero attached hydrogens (tertiary/aromatic N) is 1. The van der Waals surface area contributed by atoms with Gasteiger partial charge in [0.05, 0.1) is 0 Å². The van der Waals surface area contributed by atoms with E-state index in [9.17, 15) is 9.90 Å². The van der Waals surface area contributed by atoms with Crippen LogP contribution in [0.4, 0.5) is 5.88 Å². The van der Waals surface area contributed by atoms with Crippen molar-refractivity contribution in [1.29, 1.82) is 0 Å². The summed E-state index contributed by atoms with van der Waals surface area (Å²) in [6.45, 7) is 1.20. The standard InChI is InChI=1S/C10H14N2O4/c11-8-5-7(12-16-8)9(10(13)14)6-1-3-15-4-2-6/h5-6,9H,1-4,11H2,(H,13,14). The van der Waals surface area contributed by atoms with Gasteiger partial charge in [0.15, 0.2) is 0 Å². The molecule has 0 bridgehead atoms. The molecule has 0 aromatic carbocycles. The molecule has 2 rings (SSSR count). The number of rotatable bonds is 3. The number of ether oxygens (including phenoxy) is 1. The Kier molecular flexibility index (Phi) is 3.09. The molecule has 0 radical (unpaired) electrons. The van der Waals surface area contributed by atoms with Gasteiger partial charge in [-0.3, -0.25) is 4.79 Å². The van der Waals surface area contributed by atoms with Gasteiger partial charge in [-0.1, -0.05) is 5.16 Å². The fourth-order valence-electron chi connectivity index (χ4n) is 2.07. The summed E-state index contributed by atoms with van der Waals surface area (Å²) in [5.41, 5.74) is 5.80. The van der Waals surface area contributed by atoms with Crippen LogP contribution in [-0.2, 0) is 9.53 Å². The molecule has 0 aliphatic carbocycles. The molecule has 1 aromatic heterocycles. The van der Waals surface area contributed by atoms with E-state index in [1.807, 2.05) is 0 Å². The van der Waals surface area contributed by atoms with Gasteiger partial charge in [-0.15, -0.1) is 0 Å². The number of carbonyl (C=O) groups is 1. The molecule has 3 N–H and O–H groups in total. The van der Waals surface area contributed by atoms with Crippen molar-refractivity contribution < 1.29 is 19.2 Å². The molecule has 6 heteroatoms. The van der Waals surface area contributed by atoms with Crippen molar-refractivity contribution in [2.45, 2.75) is 18.8 Å². The monoisotopic (exact) mass is 226 g/mol. The van der Waals surface area contributed by atoms with Crippen molar-refractivity contribution in [3.8, 4) is 0 Å².